The van der Waals surface area contributed by atoms with Gasteiger partial charge < -0.3 is 0 Å². The van der Waals surface area contributed by atoms with Crippen LogP contribution in [0.4, 0.5) is 0 Å². The summed E-state index contributed by atoms with van der Waals surface area (Å²) in [7, 11) is -3.58. The van der Waals surface area contributed by atoms with Crippen LogP contribution in [0.1, 0.15) is 17.3 Å². The second kappa shape index (κ2) is 3.44. The molecule has 1 heterocycles. The van der Waals surface area contributed by atoms with Crippen LogP contribution in [-0.4, -0.2) is 25.2 Å². The summed E-state index contributed by atoms with van der Waals surface area (Å²) in [6.07, 6.45) is 0. The second-order valence-corrected chi connectivity index (χ2v) is 6.19. The average molecular weight is 337 g/mol. The molecule has 0 fully saturated rings. The summed E-state index contributed by atoms with van der Waals surface area (Å²) in [5.74, 6) is -0.425. The van der Waals surface area contributed by atoms with Crippen molar-refractivity contribution in [1.29, 1.82) is 0 Å². The molecule has 1 aliphatic rings. The number of sulfonamides is 1. The van der Waals surface area contributed by atoms with E-state index in [2.05, 4.69) is 0 Å². The molecule has 0 aromatic heterocycles. The quantitative estimate of drug-likeness (QED) is 0.729. The van der Waals surface area contributed by atoms with Gasteiger partial charge in [-0.3, -0.25) is 4.79 Å². The molecular weight excluding hydrogens is 329 g/mol. The zero-order valence-corrected chi connectivity index (χ0v) is 10.9. The molecule has 0 saturated heterocycles. The van der Waals surface area contributed by atoms with Crippen molar-refractivity contribution in [3.8, 4) is 0 Å². The van der Waals surface area contributed by atoms with Gasteiger partial charge in [-0.1, -0.05) is 0 Å². The number of amides is 1. The van der Waals surface area contributed by atoms with Crippen LogP contribution < -0.4 is 0 Å². The van der Waals surface area contributed by atoms with E-state index in [9.17, 15) is 13.2 Å². The highest BCUT2D eigenvalue weighted by atomic mass is 127. The molecule has 4 nitrogen and oxygen atoms in total. The first kappa shape index (κ1) is 10.9. The highest BCUT2D eigenvalue weighted by Crippen LogP contribution is 2.30. The van der Waals surface area contributed by atoms with Gasteiger partial charge in [0.15, 0.2) is 0 Å². The minimum Gasteiger partial charge on any atom is -0.268 e. The number of hydrogen-bond acceptors (Lipinski definition) is 3. The minimum absolute atomic E-state index is 0.120. The van der Waals surface area contributed by atoms with E-state index in [1.807, 2.05) is 22.6 Å². The number of carbonyl (C=O) groups is 1. The number of hydrogen-bond donors (Lipinski definition) is 0. The Morgan fingerprint density at radius 2 is 2.07 bits per heavy atom. The number of nitrogens with zero attached hydrogens (tertiary/aromatic N) is 1. The van der Waals surface area contributed by atoms with Crippen LogP contribution in [0, 0.1) is 3.57 Å². The van der Waals surface area contributed by atoms with Crippen molar-refractivity contribution in [2.75, 3.05) is 6.54 Å². The number of halogens is 1. The van der Waals surface area contributed by atoms with Crippen LogP contribution in [0.25, 0.3) is 0 Å². The van der Waals surface area contributed by atoms with Gasteiger partial charge in [0, 0.05) is 10.1 Å². The maximum absolute atomic E-state index is 11.8. The third-order valence-electron chi connectivity index (χ3n) is 2.25. The molecule has 1 aromatic carbocycles. The van der Waals surface area contributed by atoms with E-state index in [1.165, 1.54) is 6.07 Å². The lowest BCUT2D eigenvalue weighted by Crippen LogP contribution is -2.29. The molecular formula is C9H8INO3S. The van der Waals surface area contributed by atoms with Gasteiger partial charge in [0.1, 0.15) is 4.90 Å². The Bertz CT molecular complexity index is 538. The molecule has 0 radical (unpaired) electrons. The van der Waals surface area contributed by atoms with Crippen LogP contribution in [0.15, 0.2) is 23.1 Å². The molecule has 0 unspecified atom stereocenters. The topological polar surface area (TPSA) is 54.5 Å². The minimum atomic E-state index is -3.58. The number of fused-ring (bicyclic) bond motifs is 1. The Hall–Kier alpha value is -0.630. The van der Waals surface area contributed by atoms with Crippen molar-refractivity contribution in [1.82, 2.24) is 4.31 Å². The van der Waals surface area contributed by atoms with E-state index < -0.39 is 15.9 Å². The molecule has 6 heteroatoms. The summed E-state index contributed by atoms with van der Waals surface area (Å²) in [4.78, 5) is 11.9. The van der Waals surface area contributed by atoms with E-state index in [0.29, 0.717) is 0 Å². The summed E-state index contributed by atoms with van der Waals surface area (Å²) in [6.45, 7) is 1.82. The van der Waals surface area contributed by atoms with Gasteiger partial charge in [0.2, 0.25) is 0 Å². The molecule has 0 N–H and O–H groups in total. The lowest BCUT2D eigenvalue weighted by molar-refractivity contribution is 0.0876. The van der Waals surface area contributed by atoms with E-state index in [-0.39, 0.29) is 17.0 Å². The molecule has 0 atom stereocenters. The fourth-order valence-electron chi connectivity index (χ4n) is 1.57. The van der Waals surface area contributed by atoms with Crippen LogP contribution >= 0.6 is 22.6 Å². The van der Waals surface area contributed by atoms with Crippen molar-refractivity contribution < 1.29 is 13.2 Å². The standard InChI is InChI=1S/C9H8INO3S/c1-2-11-9(12)7-5-6(10)3-4-8(7)15(11,13)14/h3-5H,2H2,1H3. The van der Waals surface area contributed by atoms with Crippen molar-refractivity contribution in [3.05, 3.63) is 27.3 Å². The summed E-state index contributed by atoms with van der Waals surface area (Å²) < 4.78 is 25.4. The van der Waals surface area contributed by atoms with Crippen LogP contribution in [-0.2, 0) is 10.0 Å². The molecule has 1 aromatic rings. The Labute approximate surface area is 101 Å². The fourth-order valence-corrected chi connectivity index (χ4v) is 3.62. The zero-order chi connectivity index (χ0) is 11.2. The van der Waals surface area contributed by atoms with Crippen LogP contribution in [0.5, 0.6) is 0 Å². The van der Waals surface area contributed by atoms with Gasteiger partial charge in [-0.25, -0.2) is 12.7 Å². The first-order valence-electron chi connectivity index (χ1n) is 4.35. The second-order valence-electron chi connectivity index (χ2n) is 3.12. The molecule has 80 valence electrons. The summed E-state index contributed by atoms with van der Waals surface area (Å²) in [5, 5.41) is 0. The van der Waals surface area contributed by atoms with Gasteiger partial charge in [-0.15, -0.1) is 0 Å². The number of rotatable bonds is 1. The lowest BCUT2D eigenvalue weighted by atomic mass is 10.2. The molecule has 0 saturated carbocycles. The monoisotopic (exact) mass is 337 g/mol. The van der Waals surface area contributed by atoms with Gasteiger partial charge >= 0.3 is 0 Å². The molecule has 2 rings (SSSR count). The number of benzene rings is 1. The number of carbonyl (C=O) groups excluding carboxylic acids is 1. The third-order valence-corrected chi connectivity index (χ3v) is 4.84. The van der Waals surface area contributed by atoms with E-state index >= 15 is 0 Å². The molecule has 0 bridgehead atoms. The van der Waals surface area contributed by atoms with Gasteiger partial charge in [0.25, 0.3) is 15.9 Å². The summed E-state index contributed by atoms with van der Waals surface area (Å²) in [5.41, 5.74) is 0.281. The first-order valence-corrected chi connectivity index (χ1v) is 6.87. The SMILES string of the molecule is CCN1C(=O)c2cc(I)ccc2S1(=O)=O. The van der Waals surface area contributed by atoms with Crippen molar-refractivity contribution in [3.63, 3.8) is 0 Å². The highest BCUT2D eigenvalue weighted by molar-refractivity contribution is 14.1. The molecule has 15 heavy (non-hydrogen) atoms. The Morgan fingerprint density at radius 1 is 1.40 bits per heavy atom. The predicted octanol–water partition coefficient (Wildman–Crippen LogP) is 1.46. The largest absolute Gasteiger partial charge is 0.269 e. The molecule has 1 amide bonds. The Balaban J connectivity index is 2.74. The highest BCUT2D eigenvalue weighted by Gasteiger charge is 2.39. The maximum Gasteiger partial charge on any atom is 0.269 e. The van der Waals surface area contributed by atoms with E-state index in [0.717, 1.165) is 7.88 Å². The average Bonchev–Trinajstić information content (AvgIpc) is 2.34. The van der Waals surface area contributed by atoms with Crippen molar-refractivity contribution >= 4 is 38.5 Å². The van der Waals surface area contributed by atoms with Crippen LogP contribution in [0.2, 0.25) is 0 Å². The smallest absolute Gasteiger partial charge is 0.268 e. The third kappa shape index (κ3) is 1.46. The lowest BCUT2D eigenvalue weighted by Gasteiger charge is -2.10. The van der Waals surface area contributed by atoms with Gasteiger partial charge in [-0.05, 0) is 47.7 Å². The van der Waals surface area contributed by atoms with E-state index in [1.54, 1.807) is 19.1 Å². The van der Waals surface area contributed by atoms with Gasteiger partial charge in [-0.2, -0.15) is 0 Å². The zero-order valence-electron chi connectivity index (χ0n) is 7.90. The van der Waals surface area contributed by atoms with Crippen molar-refractivity contribution in [2.24, 2.45) is 0 Å². The van der Waals surface area contributed by atoms with E-state index in [4.69, 9.17) is 0 Å². The summed E-state index contributed by atoms with van der Waals surface area (Å²) >= 11 is 2.05. The van der Waals surface area contributed by atoms with Crippen LogP contribution in [0.3, 0.4) is 0 Å². The Kier molecular flexibility index (Phi) is 2.50. The maximum atomic E-state index is 11.8. The predicted molar refractivity (Wildman–Crippen MR) is 63.1 cm³/mol. The Morgan fingerprint density at radius 3 is 2.67 bits per heavy atom. The van der Waals surface area contributed by atoms with Crippen molar-refractivity contribution in [2.45, 2.75) is 11.8 Å². The first-order chi connectivity index (χ1) is 6.98. The fraction of sp³-hybridized carbons (Fsp3) is 0.222. The molecule has 0 spiro atoms. The molecule has 1 aliphatic heterocycles. The normalized spacial score (nSPS) is 18.0. The summed E-state index contributed by atoms with van der Waals surface area (Å²) in [6, 6.07) is 4.77. The molecule has 0 aliphatic carbocycles. The van der Waals surface area contributed by atoms with Gasteiger partial charge in [0.05, 0.1) is 5.56 Å².